The zero-order valence-electron chi connectivity index (χ0n) is 11.4. The molecule has 5 nitrogen and oxygen atoms in total. The number of halogens is 2. The van der Waals surface area contributed by atoms with E-state index < -0.39 is 5.82 Å². The van der Waals surface area contributed by atoms with E-state index in [0.29, 0.717) is 21.0 Å². The zero-order chi connectivity index (χ0) is 15.7. The number of hydrogen-bond acceptors (Lipinski definition) is 4. The van der Waals surface area contributed by atoms with Gasteiger partial charge in [0.05, 0.1) is 20.8 Å². The summed E-state index contributed by atoms with van der Waals surface area (Å²) in [6, 6.07) is 5.77. The Hall–Kier alpha value is -2.25. The number of hydrogen-bond donors (Lipinski definition) is 2. The molecule has 2 N–H and O–H groups in total. The van der Waals surface area contributed by atoms with Crippen molar-refractivity contribution in [3.8, 4) is 10.6 Å². The van der Waals surface area contributed by atoms with Crippen molar-refractivity contribution < 1.29 is 9.18 Å². The number of pyridine rings is 1. The summed E-state index contributed by atoms with van der Waals surface area (Å²) < 4.78 is 14.7. The number of thiazole rings is 1. The highest BCUT2D eigenvalue weighted by Crippen LogP contribution is 2.37. The normalized spacial score (nSPS) is 10.7. The molecule has 0 unspecified atom stereocenters. The van der Waals surface area contributed by atoms with Crippen LogP contribution in [-0.4, -0.2) is 23.0 Å². The molecule has 1 aromatic carbocycles. The standard InChI is InChI=1S/C14H10ClFN4OS/c1-17-14(21)20-12-11-9(5-6-18-12)19-13(22-11)10-7(15)3-2-4-8(10)16/h2-6H,1H3,(H2,17,18,20,21). The molecule has 0 aliphatic heterocycles. The van der Waals surface area contributed by atoms with Crippen LogP contribution in [-0.2, 0) is 0 Å². The van der Waals surface area contributed by atoms with E-state index in [1.807, 2.05) is 0 Å². The fraction of sp³-hybridized carbons (Fsp3) is 0.0714. The van der Waals surface area contributed by atoms with Crippen LogP contribution in [0, 0.1) is 5.82 Å². The molecule has 2 aromatic heterocycles. The Morgan fingerprint density at radius 1 is 1.36 bits per heavy atom. The van der Waals surface area contributed by atoms with Gasteiger partial charge in [0.15, 0.2) is 5.82 Å². The summed E-state index contributed by atoms with van der Waals surface area (Å²) in [6.45, 7) is 0. The van der Waals surface area contributed by atoms with Crippen molar-refractivity contribution in [1.29, 1.82) is 0 Å². The minimum atomic E-state index is -0.444. The van der Waals surface area contributed by atoms with Crippen molar-refractivity contribution >= 4 is 45.0 Å². The van der Waals surface area contributed by atoms with E-state index in [1.54, 1.807) is 12.1 Å². The van der Waals surface area contributed by atoms with E-state index in [0.717, 1.165) is 0 Å². The highest BCUT2D eigenvalue weighted by atomic mass is 35.5. The van der Waals surface area contributed by atoms with Gasteiger partial charge in [0.1, 0.15) is 10.8 Å². The molecule has 8 heteroatoms. The third-order valence-corrected chi connectivity index (χ3v) is 4.35. The van der Waals surface area contributed by atoms with Crippen LogP contribution in [0.15, 0.2) is 30.5 Å². The second-order valence-corrected chi connectivity index (χ2v) is 5.73. The number of fused-ring (bicyclic) bond motifs is 1. The summed E-state index contributed by atoms with van der Waals surface area (Å²) in [5.41, 5.74) is 0.858. The molecule has 0 spiro atoms. The maximum absolute atomic E-state index is 14.0. The molecule has 0 aliphatic carbocycles. The van der Waals surface area contributed by atoms with Gasteiger partial charge in [-0.2, -0.15) is 0 Å². The predicted molar refractivity (Wildman–Crippen MR) is 85.9 cm³/mol. The summed E-state index contributed by atoms with van der Waals surface area (Å²) in [7, 11) is 1.51. The number of nitrogens with zero attached hydrogens (tertiary/aromatic N) is 2. The van der Waals surface area contributed by atoms with Crippen molar-refractivity contribution in [2.24, 2.45) is 0 Å². The van der Waals surface area contributed by atoms with E-state index in [9.17, 15) is 9.18 Å². The van der Waals surface area contributed by atoms with Gasteiger partial charge in [0, 0.05) is 13.2 Å². The topological polar surface area (TPSA) is 66.9 Å². The predicted octanol–water partition coefficient (Wildman–Crippen LogP) is 3.90. The minimum Gasteiger partial charge on any atom is -0.341 e. The molecule has 2 heterocycles. The number of carbonyl (C=O) groups excluding carboxylic acids is 1. The Morgan fingerprint density at radius 3 is 2.91 bits per heavy atom. The monoisotopic (exact) mass is 336 g/mol. The number of aromatic nitrogens is 2. The fourth-order valence-electron chi connectivity index (χ4n) is 1.92. The number of urea groups is 1. The lowest BCUT2D eigenvalue weighted by atomic mass is 10.2. The minimum absolute atomic E-state index is 0.247. The smallest absolute Gasteiger partial charge is 0.320 e. The number of amides is 2. The van der Waals surface area contributed by atoms with Gasteiger partial charge >= 0.3 is 6.03 Å². The van der Waals surface area contributed by atoms with Gasteiger partial charge in [-0.3, -0.25) is 5.32 Å². The molecule has 0 bridgehead atoms. The van der Waals surface area contributed by atoms with Crippen molar-refractivity contribution in [2.45, 2.75) is 0 Å². The van der Waals surface area contributed by atoms with Gasteiger partial charge in [-0.25, -0.2) is 19.2 Å². The van der Waals surface area contributed by atoms with E-state index in [2.05, 4.69) is 20.6 Å². The van der Waals surface area contributed by atoms with Crippen LogP contribution in [0.3, 0.4) is 0 Å². The summed E-state index contributed by atoms with van der Waals surface area (Å²) in [5, 5.41) is 5.78. The van der Waals surface area contributed by atoms with Crippen LogP contribution in [0.4, 0.5) is 15.0 Å². The van der Waals surface area contributed by atoms with E-state index in [-0.39, 0.29) is 16.6 Å². The number of anilines is 1. The molecule has 0 atom stereocenters. The van der Waals surface area contributed by atoms with Crippen LogP contribution in [0.1, 0.15) is 0 Å². The van der Waals surface area contributed by atoms with Crippen molar-refractivity contribution in [1.82, 2.24) is 15.3 Å². The van der Waals surface area contributed by atoms with Crippen molar-refractivity contribution in [2.75, 3.05) is 12.4 Å². The van der Waals surface area contributed by atoms with Gasteiger partial charge in [-0.15, -0.1) is 11.3 Å². The Bertz CT molecular complexity index is 847. The lowest BCUT2D eigenvalue weighted by Crippen LogP contribution is -2.24. The van der Waals surface area contributed by atoms with Gasteiger partial charge in [-0.1, -0.05) is 17.7 Å². The van der Waals surface area contributed by atoms with E-state index in [4.69, 9.17) is 11.6 Å². The van der Waals surface area contributed by atoms with Gasteiger partial charge in [0.25, 0.3) is 0 Å². The van der Waals surface area contributed by atoms with Crippen LogP contribution < -0.4 is 10.6 Å². The summed E-state index contributed by atoms with van der Waals surface area (Å²) >= 11 is 7.29. The fourth-order valence-corrected chi connectivity index (χ4v) is 3.30. The molecule has 3 aromatic rings. The maximum Gasteiger partial charge on any atom is 0.320 e. The highest BCUT2D eigenvalue weighted by molar-refractivity contribution is 7.22. The molecule has 112 valence electrons. The third kappa shape index (κ3) is 2.60. The largest absolute Gasteiger partial charge is 0.341 e. The highest BCUT2D eigenvalue weighted by Gasteiger charge is 2.17. The first-order chi connectivity index (χ1) is 10.6. The second-order valence-electron chi connectivity index (χ2n) is 4.33. The average Bonchev–Trinajstić information content (AvgIpc) is 2.91. The molecular weight excluding hydrogens is 327 g/mol. The molecule has 0 saturated carbocycles. The number of benzene rings is 1. The number of carbonyl (C=O) groups is 1. The SMILES string of the molecule is CNC(=O)Nc1nccc2nc(-c3c(F)cccc3Cl)sc12. The molecule has 0 aliphatic rings. The Morgan fingerprint density at radius 2 is 2.18 bits per heavy atom. The van der Waals surface area contributed by atoms with Crippen molar-refractivity contribution in [3.05, 3.63) is 41.3 Å². The number of rotatable bonds is 2. The Balaban J connectivity index is 2.14. The van der Waals surface area contributed by atoms with Crippen LogP contribution >= 0.6 is 22.9 Å². The first-order valence-corrected chi connectivity index (χ1v) is 7.48. The first kappa shape index (κ1) is 14.7. The maximum atomic E-state index is 14.0. The molecule has 3 rings (SSSR count). The second kappa shape index (κ2) is 5.86. The van der Waals surface area contributed by atoms with Crippen LogP contribution in [0.5, 0.6) is 0 Å². The lowest BCUT2D eigenvalue weighted by molar-refractivity contribution is 0.254. The van der Waals surface area contributed by atoms with Gasteiger partial charge in [-0.05, 0) is 18.2 Å². The number of nitrogens with one attached hydrogen (secondary N) is 2. The Kier molecular flexibility index (Phi) is 3.91. The average molecular weight is 337 g/mol. The molecule has 0 saturated heterocycles. The lowest BCUT2D eigenvalue weighted by Gasteiger charge is -2.03. The molecular formula is C14H10ClFN4OS. The molecule has 0 fully saturated rings. The summed E-state index contributed by atoms with van der Waals surface area (Å²) in [4.78, 5) is 19.9. The summed E-state index contributed by atoms with van der Waals surface area (Å²) in [5.74, 6) is -0.0756. The molecule has 2 amide bonds. The third-order valence-electron chi connectivity index (χ3n) is 2.94. The van der Waals surface area contributed by atoms with Crippen LogP contribution in [0.25, 0.3) is 20.8 Å². The summed E-state index contributed by atoms with van der Waals surface area (Å²) in [6.07, 6.45) is 1.53. The van der Waals surface area contributed by atoms with Crippen LogP contribution in [0.2, 0.25) is 5.02 Å². The first-order valence-electron chi connectivity index (χ1n) is 6.29. The van der Waals surface area contributed by atoms with Crippen molar-refractivity contribution in [3.63, 3.8) is 0 Å². The molecule has 0 radical (unpaired) electrons. The van der Waals surface area contributed by atoms with E-state index in [1.165, 1.54) is 36.7 Å². The molecule has 22 heavy (non-hydrogen) atoms. The van der Waals surface area contributed by atoms with E-state index >= 15 is 0 Å². The zero-order valence-corrected chi connectivity index (χ0v) is 12.9. The van der Waals surface area contributed by atoms with Gasteiger partial charge in [0.2, 0.25) is 0 Å². The van der Waals surface area contributed by atoms with Gasteiger partial charge < -0.3 is 5.32 Å². The quantitative estimate of drug-likeness (QED) is 0.745. The Labute approximate surface area is 134 Å².